The van der Waals surface area contributed by atoms with E-state index in [1.54, 1.807) is 34.9 Å². The monoisotopic (exact) mass is 409 g/mol. The Morgan fingerprint density at radius 2 is 1.83 bits per heavy atom. The predicted octanol–water partition coefficient (Wildman–Crippen LogP) is 4.70. The van der Waals surface area contributed by atoms with Crippen molar-refractivity contribution in [3.63, 3.8) is 0 Å². The third-order valence-electron chi connectivity index (χ3n) is 4.56. The van der Waals surface area contributed by atoms with Crippen molar-refractivity contribution in [1.29, 1.82) is 0 Å². The first kappa shape index (κ1) is 21.0. The van der Waals surface area contributed by atoms with Crippen LogP contribution in [0.4, 0.5) is 5.82 Å². The van der Waals surface area contributed by atoms with Gasteiger partial charge in [-0.05, 0) is 43.2 Å². The molecule has 0 aliphatic carbocycles. The fourth-order valence-corrected chi connectivity index (χ4v) is 3.61. The molecule has 0 radical (unpaired) electrons. The highest BCUT2D eigenvalue weighted by Crippen LogP contribution is 2.26. The van der Waals surface area contributed by atoms with Crippen molar-refractivity contribution >= 4 is 23.5 Å². The number of rotatable bonds is 6. The number of anilines is 1. The van der Waals surface area contributed by atoms with Crippen LogP contribution in [0.1, 0.15) is 44.0 Å². The Bertz CT molecular complexity index is 992. The van der Waals surface area contributed by atoms with Crippen LogP contribution in [0.25, 0.3) is 5.95 Å². The Morgan fingerprint density at radius 3 is 2.48 bits per heavy atom. The minimum absolute atomic E-state index is 0.0566. The zero-order chi connectivity index (χ0) is 21.0. The summed E-state index contributed by atoms with van der Waals surface area (Å²) in [6.45, 7) is 10.4. The fraction of sp³-hybridized carbons (Fsp3) is 0.364. The first-order valence-electron chi connectivity index (χ1n) is 9.62. The smallest absolute Gasteiger partial charge is 0.252 e. The van der Waals surface area contributed by atoms with Gasteiger partial charge in [-0.25, -0.2) is 9.97 Å². The summed E-state index contributed by atoms with van der Waals surface area (Å²) >= 11 is 1.68. The van der Waals surface area contributed by atoms with E-state index in [4.69, 9.17) is 0 Å². The van der Waals surface area contributed by atoms with Gasteiger partial charge in [0.05, 0.1) is 5.69 Å². The highest BCUT2D eigenvalue weighted by atomic mass is 32.2. The summed E-state index contributed by atoms with van der Waals surface area (Å²) in [7, 11) is 0. The van der Waals surface area contributed by atoms with Crippen molar-refractivity contribution in [2.45, 2.75) is 51.3 Å². The minimum atomic E-state index is -0.154. The lowest BCUT2D eigenvalue weighted by atomic mass is 9.92. The lowest BCUT2D eigenvalue weighted by Gasteiger charge is -2.13. The van der Waals surface area contributed by atoms with E-state index in [-0.39, 0.29) is 11.3 Å². The molecule has 7 heteroatoms. The Morgan fingerprint density at radius 1 is 1.10 bits per heavy atom. The molecule has 6 nitrogen and oxygen atoms in total. The van der Waals surface area contributed by atoms with Gasteiger partial charge in [0.25, 0.3) is 5.95 Å². The number of aryl methyl sites for hydroxylation is 2. The second-order valence-corrected chi connectivity index (χ2v) is 9.19. The Labute approximate surface area is 176 Å². The van der Waals surface area contributed by atoms with Crippen LogP contribution >= 0.6 is 11.8 Å². The van der Waals surface area contributed by atoms with Gasteiger partial charge in [-0.15, -0.1) is 11.8 Å². The summed E-state index contributed by atoms with van der Waals surface area (Å²) in [5.74, 6) is 1.67. The maximum absolute atomic E-state index is 12.6. The van der Waals surface area contributed by atoms with E-state index in [0.29, 0.717) is 23.9 Å². The van der Waals surface area contributed by atoms with Crippen molar-refractivity contribution in [3.8, 4) is 5.95 Å². The second-order valence-electron chi connectivity index (χ2n) is 8.02. The van der Waals surface area contributed by atoms with Crippen molar-refractivity contribution < 1.29 is 4.79 Å². The quantitative estimate of drug-likeness (QED) is 0.598. The van der Waals surface area contributed by atoms with Gasteiger partial charge in [0.1, 0.15) is 5.82 Å². The maximum Gasteiger partial charge on any atom is 0.252 e. The first-order chi connectivity index (χ1) is 13.7. The fourth-order valence-electron chi connectivity index (χ4n) is 2.66. The number of hydrogen-bond donors (Lipinski definition) is 1. The molecule has 152 valence electrons. The molecule has 0 fully saturated rings. The second kappa shape index (κ2) is 8.78. The molecule has 0 saturated heterocycles. The SMILES string of the molecule is Cc1ccc(SCCC(=O)Nc2cc(C(C)(C)C)nn2-c2ncccn2)cc1C. The number of aromatic nitrogens is 4. The highest BCUT2D eigenvalue weighted by Gasteiger charge is 2.22. The molecule has 1 N–H and O–H groups in total. The molecule has 0 spiro atoms. The van der Waals surface area contributed by atoms with Crippen LogP contribution in [0.2, 0.25) is 0 Å². The molecule has 0 saturated carbocycles. The van der Waals surface area contributed by atoms with Crippen molar-refractivity contribution in [2.75, 3.05) is 11.1 Å². The molecular formula is C22H27N5OS. The van der Waals surface area contributed by atoms with Crippen LogP contribution in [0.15, 0.2) is 47.6 Å². The molecule has 3 rings (SSSR count). The van der Waals surface area contributed by atoms with E-state index in [1.807, 2.05) is 6.07 Å². The number of nitrogens with one attached hydrogen (secondary N) is 1. The molecule has 1 amide bonds. The van der Waals surface area contributed by atoms with E-state index in [2.05, 4.69) is 73.2 Å². The number of amides is 1. The molecule has 0 unspecified atom stereocenters. The van der Waals surface area contributed by atoms with Crippen LogP contribution < -0.4 is 5.32 Å². The van der Waals surface area contributed by atoms with Crippen LogP contribution in [0.3, 0.4) is 0 Å². The number of hydrogen-bond acceptors (Lipinski definition) is 5. The maximum atomic E-state index is 12.6. The molecule has 0 aliphatic heterocycles. The zero-order valence-corrected chi connectivity index (χ0v) is 18.4. The molecule has 2 aromatic heterocycles. The summed E-state index contributed by atoms with van der Waals surface area (Å²) in [5.41, 5.74) is 3.25. The number of nitrogens with zero attached hydrogens (tertiary/aromatic N) is 4. The number of carbonyl (C=O) groups excluding carboxylic acids is 1. The number of thioether (sulfide) groups is 1. The van der Waals surface area contributed by atoms with Crippen LogP contribution in [0.5, 0.6) is 0 Å². The average molecular weight is 410 g/mol. The van der Waals surface area contributed by atoms with E-state index in [1.165, 1.54) is 16.0 Å². The first-order valence-corrected chi connectivity index (χ1v) is 10.6. The van der Waals surface area contributed by atoms with Gasteiger partial charge < -0.3 is 5.32 Å². The number of benzene rings is 1. The van der Waals surface area contributed by atoms with E-state index >= 15 is 0 Å². The minimum Gasteiger partial charge on any atom is -0.310 e. The molecule has 0 atom stereocenters. The molecule has 0 aliphatic rings. The normalized spacial score (nSPS) is 11.5. The third kappa shape index (κ3) is 5.44. The summed E-state index contributed by atoms with van der Waals surface area (Å²) in [4.78, 5) is 22.3. The van der Waals surface area contributed by atoms with Gasteiger partial charge >= 0.3 is 0 Å². The topological polar surface area (TPSA) is 72.7 Å². The summed E-state index contributed by atoms with van der Waals surface area (Å²) in [6, 6.07) is 10.0. The van der Waals surface area contributed by atoms with Gasteiger partial charge in [0, 0.05) is 40.9 Å². The van der Waals surface area contributed by atoms with E-state index in [0.717, 1.165) is 5.69 Å². The summed E-state index contributed by atoms with van der Waals surface area (Å²) in [5, 5.41) is 7.60. The van der Waals surface area contributed by atoms with Gasteiger partial charge in [0.2, 0.25) is 5.91 Å². The van der Waals surface area contributed by atoms with Crippen LogP contribution in [-0.4, -0.2) is 31.4 Å². The molecule has 3 aromatic rings. The van der Waals surface area contributed by atoms with Crippen molar-refractivity contribution in [1.82, 2.24) is 19.7 Å². The average Bonchev–Trinajstić information content (AvgIpc) is 3.09. The largest absolute Gasteiger partial charge is 0.310 e. The van der Waals surface area contributed by atoms with Crippen LogP contribution in [0, 0.1) is 13.8 Å². The highest BCUT2D eigenvalue weighted by molar-refractivity contribution is 7.99. The number of carbonyl (C=O) groups is 1. The third-order valence-corrected chi connectivity index (χ3v) is 5.56. The predicted molar refractivity (Wildman–Crippen MR) is 118 cm³/mol. The van der Waals surface area contributed by atoms with Crippen molar-refractivity contribution in [3.05, 3.63) is 59.5 Å². The molecule has 1 aromatic carbocycles. The lowest BCUT2D eigenvalue weighted by molar-refractivity contribution is -0.115. The van der Waals surface area contributed by atoms with Crippen LogP contribution in [-0.2, 0) is 10.2 Å². The van der Waals surface area contributed by atoms with Gasteiger partial charge in [-0.1, -0.05) is 26.8 Å². The Hall–Kier alpha value is -2.67. The Balaban J connectivity index is 1.69. The van der Waals surface area contributed by atoms with Crippen molar-refractivity contribution in [2.24, 2.45) is 0 Å². The Kier molecular flexibility index (Phi) is 6.37. The summed E-state index contributed by atoms with van der Waals surface area (Å²) in [6.07, 6.45) is 3.72. The van der Waals surface area contributed by atoms with E-state index in [9.17, 15) is 4.79 Å². The summed E-state index contributed by atoms with van der Waals surface area (Å²) < 4.78 is 1.59. The molecule has 29 heavy (non-hydrogen) atoms. The molecular weight excluding hydrogens is 382 g/mol. The standard InChI is InChI=1S/C22H27N5OS/c1-15-7-8-17(13-16(15)2)29-12-9-20(28)25-19-14-18(22(3,4)5)26-27(19)21-23-10-6-11-24-21/h6-8,10-11,13-14H,9,12H2,1-5H3,(H,25,28). The molecule has 2 heterocycles. The van der Waals surface area contributed by atoms with Gasteiger partial charge in [-0.3, -0.25) is 4.79 Å². The van der Waals surface area contributed by atoms with Gasteiger partial charge in [0.15, 0.2) is 0 Å². The zero-order valence-electron chi connectivity index (χ0n) is 17.6. The lowest BCUT2D eigenvalue weighted by Crippen LogP contribution is -2.16. The molecule has 0 bridgehead atoms. The van der Waals surface area contributed by atoms with Gasteiger partial charge in [-0.2, -0.15) is 9.78 Å². The van der Waals surface area contributed by atoms with E-state index < -0.39 is 0 Å².